The van der Waals surface area contributed by atoms with Crippen molar-refractivity contribution in [1.29, 1.82) is 0 Å². The normalized spacial score (nSPS) is 27.3. The highest BCUT2D eigenvalue weighted by Gasteiger charge is 2.45. The van der Waals surface area contributed by atoms with Gasteiger partial charge in [-0.3, -0.25) is 9.69 Å². The largest absolute Gasteiger partial charge is 0.460 e. The zero-order valence-electron chi connectivity index (χ0n) is 17.9. The number of hydrogen-bond acceptors (Lipinski definition) is 3. The van der Waals surface area contributed by atoms with Crippen LogP contribution in [0.4, 0.5) is 0 Å². The molecule has 0 unspecified atom stereocenters. The molecule has 2 aliphatic rings. The minimum Gasteiger partial charge on any atom is -0.460 e. The molecule has 0 amide bonds. The molecule has 1 saturated carbocycles. The minimum atomic E-state index is -0.440. The summed E-state index contributed by atoms with van der Waals surface area (Å²) in [5, 5.41) is 0. The third-order valence-corrected chi connectivity index (χ3v) is 6.09. The molecule has 0 N–H and O–H groups in total. The van der Waals surface area contributed by atoms with E-state index in [0.29, 0.717) is 0 Å². The summed E-state index contributed by atoms with van der Waals surface area (Å²) in [6.45, 7) is 8.99. The first-order chi connectivity index (χ1) is 13.3. The van der Waals surface area contributed by atoms with Crippen LogP contribution in [0.15, 0.2) is 54.6 Å². The van der Waals surface area contributed by atoms with Crippen LogP contribution in [0.1, 0.15) is 65.4 Å². The molecule has 3 nitrogen and oxygen atoms in total. The lowest BCUT2D eigenvalue weighted by Crippen LogP contribution is -2.54. The first-order valence-electron chi connectivity index (χ1n) is 10.7. The van der Waals surface area contributed by atoms with Gasteiger partial charge in [0.25, 0.3) is 0 Å². The summed E-state index contributed by atoms with van der Waals surface area (Å²) in [6, 6.07) is 10.9. The Hall–Kier alpha value is -1.87. The van der Waals surface area contributed by atoms with Gasteiger partial charge in [0, 0.05) is 18.1 Å². The number of allylic oxidation sites excluding steroid dienone is 2. The highest BCUT2D eigenvalue weighted by molar-refractivity contribution is 5.74. The van der Waals surface area contributed by atoms with Gasteiger partial charge in [-0.05, 0) is 52.0 Å². The third-order valence-electron chi connectivity index (χ3n) is 6.09. The first-order valence-corrected chi connectivity index (χ1v) is 10.7. The zero-order valence-corrected chi connectivity index (χ0v) is 17.9. The lowest BCUT2D eigenvalue weighted by molar-refractivity contribution is -0.162. The summed E-state index contributed by atoms with van der Waals surface area (Å²) < 4.78 is 5.81. The molecule has 3 atom stereocenters. The monoisotopic (exact) mass is 381 g/mol. The van der Waals surface area contributed by atoms with Crippen LogP contribution in [-0.4, -0.2) is 28.1 Å². The van der Waals surface area contributed by atoms with Crippen molar-refractivity contribution in [2.45, 2.75) is 83.5 Å². The zero-order chi connectivity index (χ0) is 20.2. The van der Waals surface area contributed by atoms with Crippen molar-refractivity contribution in [3.05, 3.63) is 60.2 Å². The summed E-state index contributed by atoms with van der Waals surface area (Å²) >= 11 is 0. The first kappa shape index (κ1) is 20.9. The second-order valence-corrected chi connectivity index (χ2v) is 9.20. The Morgan fingerprint density at radius 3 is 2.54 bits per heavy atom. The second kappa shape index (κ2) is 8.65. The van der Waals surface area contributed by atoms with Crippen molar-refractivity contribution in [1.82, 2.24) is 4.90 Å². The van der Waals surface area contributed by atoms with Crippen LogP contribution < -0.4 is 0 Å². The molecule has 0 radical (unpaired) electrons. The van der Waals surface area contributed by atoms with E-state index in [-0.39, 0.29) is 23.5 Å². The molecule has 2 aliphatic carbocycles. The Morgan fingerprint density at radius 2 is 1.93 bits per heavy atom. The van der Waals surface area contributed by atoms with Gasteiger partial charge in [-0.25, -0.2) is 0 Å². The maximum absolute atomic E-state index is 13.0. The molecular weight excluding hydrogens is 346 g/mol. The molecule has 3 heteroatoms. The number of carbonyl (C=O) groups is 1. The molecule has 0 heterocycles. The molecule has 1 aromatic carbocycles. The van der Waals surface area contributed by atoms with Crippen molar-refractivity contribution >= 4 is 5.97 Å². The Balaban J connectivity index is 1.92. The standard InChI is InChI=1S/C25H35NO2/c1-5-25(17-10-7-11-18-25)26(19-20-13-8-6-9-14-20)22-16-12-15-21(22)23(27)28-24(2,3)4/h6-11,13-14,17,21-22H,5,12,15-16,18-19H2,1-4H3/t21-,22+,25-/m0/s1. The quantitative estimate of drug-likeness (QED) is 0.595. The molecule has 0 spiro atoms. The topological polar surface area (TPSA) is 29.5 Å². The fourth-order valence-corrected chi connectivity index (χ4v) is 4.68. The highest BCUT2D eigenvalue weighted by Crippen LogP contribution is 2.40. The summed E-state index contributed by atoms with van der Waals surface area (Å²) in [4.78, 5) is 15.6. The van der Waals surface area contributed by atoms with Gasteiger partial charge in [0.1, 0.15) is 5.60 Å². The molecular formula is C25H35NO2. The van der Waals surface area contributed by atoms with Crippen LogP contribution >= 0.6 is 0 Å². The van der Waals surface area contributed by atoms with E-state index in [4.69, 9.17) is 4.74 Å². The predicted octanol–water partition coefficient (Wildman–Crippen LogP) is 5.66. The summed E-state index contributed by atoms with van der Waals surface area (Å²) in [7, 11) is 0. The molecule has 152 valence electrons. The number of ether oxygens (including phenoxy) is 1. The molecule has 1 aromatic rings. The summed E-state index contributed by atoms with van der Waals surface area (Å²) in [5.74, 6) is -0.0830. The maximum Gasteiger partial charge on any atom is 0.311 e. The van der Waals surface area contributed by atoms with E-state index in [1.54, 1.807) is 0 Å². The van der Waals surface area contributed by atoms with Gasteiger partial charge < -0.3 is 4.74 Å². The van der Waals surface area contributed by atoms with Crippen molar-refractivity contribution in [3.8, 4) is 0 Å². The lowest BCUT2D eigenvalue weighted by Gasteiger charge is -2.47. The van der Waals surface area contributed by atoms with Gasteiger partial charge in [-0.1, -0.05) is 68.0 Å². The maximum atomic E-state index is 13.0. The Bertz CT molecular complexity index is 716. The van der Waals surface area contributed by atoms with Crippen molar-refractivity contribution in [3.63, 3.8) is 0 Å². The molecule has 1 fully saturated rings. The highest BCUT2D eigenvalue weighted by atomic mass is 16.6. The third kappa shape index (κ3) is 4.75. The van der Waals surface area contributed by atoms with E-state index in [2.05, 4.69) is 66.5 Å². The predicted molar refractivity (Wildman–Crippen MR) is 115 cm³/mol. The number of nitrogens with zero attached hydrogens (tertiary/aromatic N) is 1. The van der Waals surface area contributed by atoms with Gasteiger partial charge in [-0.2, -0.15) is 0 Å². The number of rotatable bonds is 6. The Kier molecular flexibility index (Phi) is 6.44. The summed E-state index contributed by atoms with van der Waals surface area (Å²) in [5.41, 5.74) is 0.817. The van der Waals surface area contributed by atoms with E-state index in [1.807, 2.05) is 20.8 Å². The van der Waals surface area contributed by atoms with Crippen LogP contribution in [-0.2, 0) is 16.1 Å². The number of esters is 1. The van der Waals surface area contributed by atoms with Gasteiger partial charge in [0.15, 0.2) is 0 Å². The number of hydrogen-bond donors (Lipinski definition) is 0. The number of carbonyl (C=O) groups excluding carboxylic acids is 1. The van der Waals surface area contributed by atoms with E-state index in [1.165, 1.54) is 5.56 Å². The van der Waals surface area contributed by atoms with Crippen LogP contribution in [0.25, 0.3) is 0 Å². The SMILES string of the molecule is CC[C@]1(N(Cc2ccccc2)[C@@H]2CCC[C@@H]2C(=O)OC(C)(C)C)C=CC=CC1. The van der Waals surface area contributed by atoms with Crippen LogP contribution in [0.5, 0.6) is 0 Å². The van der Waals surface area contributed by atoms with Crippen LogP contribution in [0.2, 0.25) is 0 Å². The van der Waals surface area contributed by atoms with Gasteiger partial charge >= 0.3 is 5.97 Å². The van der Waals surface area contributed by atoms with E-state index < -0.39 is 5.60 Å². The molecule has 0 aliphatic heterocycles. The average molecular weight is 382 g/mol. The smallest absolute Gasteiger partial charge is 0.311 e. The van der Waals surface area contributed by atoms with E-state index >= 15 is 0 Å². The van der Waals surface area contributed by atoms with Crippen molar-refractivity contribution in [2.75, 3.05) is 0 Å². The Morgan fingerprint density at radius 1 is 1.18 bits per heavy atom. The average Bonchev–Trinajstić information content (AvgIpc) is 3.16. The van der Waals surface area contributed by atoms with Crippen LogP contribution in [0, 0.1) is 5.92 Å². The van der Waals surface area contributed by atoms with Crippen LogP contribution in [0.3, 0.4) is 0 Å². The lowest BCUT2D eigenvalue weighted by atomic mass is 9.83. The minimum absolute atomic E-state index is 0.0327. The Labute approximate surface area is 170 Å². The van der Waals surface area contributed by atoms with E-state index in [9.17, 15) is 4.79 Å². The fraction of sp³-hybridized carbons (Fsp3) is 0.560. The second-order valence-electron chi connectivity index (χ2n) is 9.20. The summed E-state index contributed by atoms with van der Waals surface area (Å²) in [6.07, 6.45) is 14.0. The molecule has 3 rings (SSSR count). The van der Waals surface area contributed by atoms with E-state index in [0.717, 1.165) is 38.6 Å². The number of benzene rings is 1. The van der Waals surface area contributed by atoms with Crippen molar-refractivity contribution in [2.24, 2.45) is 5.92 Å². The van der Waals surface area contributed by atoms with Crippen molar-refractivity contribution < 1.29 is 9.53 Å². The molecule has 28 heavy (non-hydrogen) atoms. The van der Waals surface area contributed by atoms with Gasteiger partial charge in [0.2, 0.25) is 0 Å². The molecule has 0 saturated heterocycles. The van der Waals surface area contributed by atoms with Gasteiger partial charge in [-0.15, -0.1) is 0 Å². The fourth-order valence-electron chi connectivity index (χ4n) is 4.68. The van der Waals surface area contributed by atoms with Gasteiger partial charge in [0.05, 0.1) is 5.92 Å². The molecule has 0 bridgehead atoms. The molecule has 0 aromatic heterocycles.